The highest BCUT2D eigenvalue weighted by Gasteiger charge is 2.15. The summed E-state index contributed by atoms with van der Waals surface area (Å²) in [5.41, 5.74) is 1.72. The molecule has 0 aliphatic carbocycles. The van der Waals surface area contributed by atoms with Gasteiger partial charge in [0.25, 0.3) is 0 Å². The van der Waals surface area contributed by atoms with Crippen LogP contribution in [0.3, 0.4) is 0 Å². The minimum absolute atomic E-state index is 0.0329. The summed E-state index contributed by atoms with van der Waals surface area (Å²) in [6.07, 6.45) is 2.51. The fourth-order valence-corrected chi connectivity index (χ4v) is 2.26. The Morgan fingerprint density at radius 2 is 2.21 bits per heavy atom. The molecule has 0 saturated heterocycles. The van der Waals surface area contributed by atoms with E-state index in [2.05, 4.69) is 10.4 Å². The summed E-state index contributed by atoms with van der Waals surface area (Å²) in [5.74, 6) is -0.268. The molecule has 0 spiro atoms. The first-order valence-electron chi connectivity index (χ1n) is 6.27. The van der Waals surface area contributed by atoms with Gasteiger partial charge in [-0.1, -0.05) is 18.5 Å². The Labute approximate surface area is 117 Å². The molecule has 0 saturated carbocycles. The van der Waals surface area contributed by atoms with Crippen LogP contribution in [0.2, 0.25) is 5.02 Å². The molecule has 102 valence electrons. The number of hydrogen-bond donors (Lipinski definition) is 1. The number of nitrogens with zero attached hydrogens (tertiary/aromatic N) is 2. The maximum atomic E-state index is 13.3. The molecule has 19 heavy (non-hydrogen) atoms. The van der Waals surface area contributed by atoms with E-state index in [1.165, 1.54) is 12.1 Å². The SMILES string of the molecule is CCNC(Cc1cc(F)ccc1Cl)c1ccn(C)n1. The van der Waals surface area contributed by atoms with Crippen molar-refractivity contribution in [2.45, 2.75) is 19.4 Å². The molecule has 1 aromatic heterocycles. The summed E-state index contributed by atoms with van der Waals surface area (Å²) in [6.45, 7) is 2.84. The molecule has 1 aromatic carbocycles. The van der Waals surface area contributed by atoms with E-state index in [-0.39, 0.29) is 11.9 Å². The van der Waals surface area contributed by atoms with E-state index in [4.69, 9.17) is 11.6 Å². The summed E-state index contributed by atoms with van der Waals surface area (Å²) in [7, 11) is 1.88. The van der Waals surface area contributed by atoms with Crippen LogP contribution in [0.15, 0.2) is 30.5 Å². The zero-order chi connectivity index (χ0) is 13.8. The van der Waals surface area contributed by atoms with Crippen LogP contribution in [-0.2, 0) is 13.5 Å². The maximum absolute atomic E-state index is 13.3. The topological polar surface area (TPSA) is 29.9 Å². The van der Waals surface area contributed by atoms with Crippen molar-refractivity contribution < 1.29 is 4.39 Å². The van der Waals surface area contributed by atoms with Gasteiger partial charge < -0.3 is 5.32 Å². The third-order valence-electron chi connectivity index (χ3n) is 2.97. The molecule has 1 unspecified atom stereocenters. The lowest BCUT2D eigenvalue weighted by Gasteiger charge is -2.16. The Balaban J connectivity index is 2.23. The van der Waals surface area contributed by atoms with Gasteiger partial charge in [0.1, 0.15) is 5.82 Å². The van der Waals surface area contributed by atoms with E-state index in [1.54, 1.807) is 10.7 Å². The standard InChI is InChI=1S/C14H17ClFN3/c1-3-17-14(13-6-7-19(2)18-13)9-10-8-11(16)4-5-12(10)15/h4-8,14,17H,3,9H2,1-2H3. The summed E-state index contributed by atoms with van der Waals surface area (Å²) in [6, 6.07) is 6.43. The number of nitrogens with one attached hydrogen (secondary N) is 1. The predicted molar refractivity (Wildman–Crippen MR) is 74.7 cm³/mol. The molecule has 0 radical (unpaired) electrons. The summed E-state index contributed by atoms with van der Waals surface area (Å²) in [4.78, 5) is 0. The zero-order valence-electron chi connectivity index (χ0n) is 11.0. The number of aromatic nitrogens is 2. The highest BCUT2D eigenvalue weighted by Crippen LogP contribution is 2.23. The quantitative estimate of drug-likeness (QED) is 0.913. The lowest BCUT2D eigenvalue weighted by Crippen LogP contribution is -2.23. The van der Waals surface area contributed by atoms with Crippen LogP contribution in [0.5, 0.6) is 0 Å². The van der Waals surface area contributed by atoms with E-state index in [1.807, 2.05) is 26.2 Å². The van der Waals surface area contributed by atoms with Crippen LogP contribution < -0.4 is 5.32 Å². The molecule has 2 aromatic rings. The van der Waals surface area contributed by atoms with Crippen LogP contribution in [0.4, 0.5) is 4.39 Å². The second-order valence-corrected chi connectivity index (χ2v) is 4.87. The first-order valence-corrected chi connectivity index (χ1v) is 6.64. The van der Waals surface area contributed by atoms with Crippen molar-refractivity contribution in [2.24, 2.45) is 7.05 Å². The van der Waals surface area contributed by atoms with Crippen LogP contribution in [0.25, 0.3) is 0 Å². The monoisotopic (exact) mass is 281 g/mol. The lowest BCUT2D eigenvalue weighted by atomic mass is 10.0. The second-order valence-electron chi connectivity index (χ2n) is 4.46. The molecular weight excluding hydrogens is 265 g/mol. The van der Waals surface area contributed by atoms with Gasteiger partial charge in [0.2, 0.25) is 0 Å². The molecule has 3 nitrogen and oxygen atoms in total. The normalized spacial score (nSPS) is 12.6. The smallest absolute Gasteiger partial charge is 0.123 e. The van der Waals surface area contributed by atoms with Gasteiger partial charge in [0, 0.05) is 18.3 Å². The van der Waals surface area contributed by atoms with Crippen LogP contribution in [0.1, 0.15) is 24.2 Å². The highest BCUT2D eigenvalue weighted by molar-refractivity contribution is 6.31. The van der Waals surface area contributed by atoms with Crippen molar-refractivity contribution in [2.75, 3.05) is 6.54 Å². The first-order chi connectivity index (χ1) is 9.10. The van der Waals surface area contributed by atoms with Crippen LogP contribution in [-0.4, -0.2) is 16.3 Å². The van der Waals surface area contributed by atoms with Crippen molar-refractivity contribution in [3.63, 3.8) is 0 Å². The van der Waals surface area contributed by atoms with E-state index in [9.17, 15) is 4.39 Å². The third kappa shape index (κ3) is 3.55. The van der Waals surface area contributed by atoms with Crippen molar-refractivity contribution in [3.8, 4) is 0 Å². The average Bonchev–Trinajstić information content (AvgIpc) is 2.80. The Kier molecular flexibility index (Phi) is 4.56. The molecule has 0 aliphatic rings. The Morgan fingerprint density at radius 3 is 2.84 bits per heavy atom. The molecule has 0 bridgehead atoms. The molecule has 0 amide bonds. The number of hydrogen-bond acceptors (Lipinski definition) is 2. The minimum atomic E-state index is -0.268. The highest BCUT2D eigenvalue weighted by atomic mass is 35.5. The van der Waals surface area contributed by atoms with Gasteiger partial charge in [0.05, 0.1) is 11.7 Å². The van der Waals surface area contributed by atoms with Crippen LogP contribution >= 0.6 is 11.6 Å². The molecule has 0 fully saturated rings. The third-order valence-corrected chi connectivity index (χ3v) is 3.34. The van der Waals surface area contributed by atoms with Crippen molar-refractivity contribution in [3.05, 3.63) is 52.6 Å². The molecule has 2 rings (SSSR count). The summed E-state index contributed by atoms with van der Waals surface area (Å²) < 4.78 is 15.0. The van der Waals surface area contributed by atoms with Gasteiger partial charge in [-0.05, 0) is 42.8 Å². The molecular formula is C14H17ClFN3. The average molecular weight is 282 g/mol. The van der Waals surface area contributed by atoms with E-state index < -0.39 is 0 Å². The van der Waals surface area contributed by atoms with Gasteiger partial charge in [-0.2, -0.15) is 5.10 Å². The largest absolute Gasteiger partial charge is 0.309 e. The number of aryl methyl sites for hydroxylation is 1. The van der Waals surface area contributed by atoms with E-state index in [0.29, 0.717) is 11.4 Å². The minimum Gasteiger partial charge on any atom is -0.309 e. The van der Waals surface area contributed by atoms with Gasteiger partial charge in [-0.3, -0.25) is 4.68 Å². The maximum Gasteiger partial charge on any atom is 0.123 e. The van der Waals surface area contributed by atoms with E-state index in [0.717, 1.165) is 17.8 Å². The van der Waals surface area contributed by atoms with E-state index >= 15 is 0 Å². The summed E-state index contributed by atoms with van der Waals surface area (Å²) >= 11 is 6.11. The molecule has 1 atom stereocenters. The fraction of sp³-hybridized carbons (Fsp3) is 0.357. The molecule has 1 heterocycles. The van der Waals surface area contributed by atoms with Crippen molar-refractivity contribution >= 4 is 11.6 Å². The number of benzene rings is 1. The lowest BCUT2D eigenvalue weighted by molar-refractivity contribution is 0.526. The van der Waals surface area contributed by atoms with Gasteiger partial charge in [-0.25, -0.2) is 4.39 Å². The number of rotatable bonds is 5. The predicted octanol–water partition coefficient (Wildman–Crippen LogP) is 3.11. The second kappa shape index (κ2) is 6.17. The van der Waals surface area contributed by atoms with Crippen LogP contribution in [0, 0.1) is 5.82 Å². The molecule has 0 aliphatic heterocycles. The zero-order valence-corrected chi connectivity index (χ0v) is 11.8. The van der Waals surface area contributed by atoms with Gasteiger partial charge in [0.15, 0.2) is 0 Å². The Morgan fingerprint density at radius 1 is 1.42 bits per heavy atom. The van der Waals surface area contributed by atoms with Crippen molar-refractivity contribution in [1.82, 2.24) is 15.1 Å². The first kappa shape index (κ1) is 14.0. The number of halogens is 2. The molecule has 5 heteroatoms. The Hall–Kier alpha value is -1.39. The van der Waals surface area contributed by atoms with Gasteiger partial charge in [-0.15, -0.1) is 0 Å². The van der Waals surface area contributed by atoms with Gasteiger partial charge >= 0.3 is 0 Å². The van der Waals surface area contributed by atoms with Crippen molar-refractivity contribution in [1.29, 1.82) is 0 Å². The fourth-order valence-electron chi connectivity index (χ4n) is 2.07. The Bertz CT molecular complexity index is 553. The summed E-state index contributed by atoms with van der Waals surface area (Å²) in [5, 5.41) is 8.33. The number of likely N-dealkylation sites (N-methyl/N-ethyl adjacent to an activating group) is 1. The molecule has 1 N–H and O–H groups in total.